The molecule has 0 aromatic carbocycles. The van der Waals surface area contributed by atoms with Gasteiger partial charge in [-0.1, -0.05) is 0 Å². The Bertz CT molecular complexity index is 1180. The van der Waals surface area contributed by atoms with Crippen LogP contribution >= 0.6 is 0 Å². The number of hydrogen-bond donors (Lipinski definition) is 1. The molecule has 0 unspecified atom stereocenters. The first-order valence-corrected chi connectivity index (χ1v) is 10.8. The van der Waals surface area contributed by atoms with Gasteiger partial charge in [-0.3, -0.25) is 14.5 Å². The van der Waals surface area contributed by atoms with Gasteiger partial charge in [-0.25, -0.2) is 14.4 Å². The lowest BCUT2D eigenvalue weighted by Gasteiger charge is -2.42. The number of carbonyl (C=O) groups excluding carboxylic acids is 1. The van der Waals surface area contributed by atoms with Crippen molar-refractivity contribution in [3.63, 3.8) is 0 Å². The van der Waals surface area contributed by atoms with Gasteiger partial charge < -0.3 is 15.0 Å². The van der Waals surface area contributed by atoms with Gasteiger partial charge in [-0.15, -0.1) is 0 Å². The molecule has 1 fully saturated rings. The van der Waals surface area contributed by atoms with Crippen molar-refractivity contribution in [3.05, 3.63) is 54.1 Å². The van der Waals surface area contributed by atoms with Crippen molar-refractivity contribution in [1.29, 1.82) is 0 Å². The van der Waals surface area contributed by atoms with E-state index in [1.807, 2.05) is 13.8 Å². The molecule has 9 nitrogen and oxygen atoms in total. The van der Waals surface area contributed by atoms with Gasteiger partial charge >= 0.3 is 6.18 Å². The van der Waals surface area contributed by atoms with Gasteiger partial charge in [0.2, 0.25) is 0 Å². The molecule has 1 amide bonds. The van der Waals surface area contributed by atoms with E-state index in [4.69, 9.17) is 4.74 Å². The SMILES string of the molecule is C[C@@H]1CN(C(=O)c2nn(C)cc2-c2ccc(F)cn2)[C@H](CNc2cnc(C(F)(F)F)cn2)[C@H](C)O1. The normalized spacial score (nSPS) is 20.7. The van der Waals surface area contributed by atoms with Crippen LogP contribution in [0.15, 0.2) is 36.9 Å². The minimum absolute atomic E-state index is 0.130. The number of hydrogen-bond acceptors (Lipinski definition) is 7. The average Bonchev–Trinajstić information content (AvgIpc) is 3.19. The average molecular weight is 493 g/mol. The third kappa shape index (κ3) is 5.39. The number of ether oxygens (including phenoxy) is 1. The number of halogens is 4. The zero-order chi connectivity index (χ0) is 25.3. The number of nitrogens with zero attached hydrogens (tertiary/aromatic N) is 6. The zero-order valence-electron chi connectivity index (χ0n) is 19.1. The highest BCUT2D eigenvalue weighted by molar-refractivity contribution is 5.98. The number of aryl methyl sites for hydroxylation is 1. The number of amides is 1. The molecule has 4 heterocycles. The molecular formula is C22H23F4N7O2. The summed E-state index contributed by atoms with van der Waals surface area (Å²) in [5, 5.41) is 7.26. The van der Waals surface area contributed by atoms with Crippen LogP contribution < -0.4 is 5.32 Å². The second-order valence-corrected chi connectivity index (χ2v) is 8.27. The van der Waals surface area contributed by atoms with Crippen LogP contribution in [0.4, 0.5) is 23.4 Å². The summed E-state index contributed by atoms with van der Waals surface area (Å²) in [7, 11) is 1.66. The molecule has 13 heteroatoms. The minimum atomic E-state index is -4.59. The first-order chi connectivity index (χ1) is 16.5. The molecule has 0 bridgehead atoms. The summed E-state index contributed by atoms with van der Waals surface area (Å²) in [6.07, 6.45) is -0.913. The van der Waals surface area contributed by atoms with Crippen LogP contribution in [0.25, 0.3) is 11.3 Å². The quantitative estimate of drug-likeness (QED) is 0.546. The van der Waals surface area contributed by atoms with Gasteiger partial charge in [-0.05, 0) is 26.0 Å². The van der Waals surface area contributed by atoms with Gasteiger partial charge in [0.15, 0.2) is 11.4 Å². The zero-order valence-corrected chi connectivity index (χ0v) is 19.1. The molecular weight excluding hydrogens is 470 g/mol. The molecule has 0 radical (unpaired) electrons. The third-order valence-corrected chi connectivity index (χ3v) is 5.57. The molecule has 3 atom stereocenters. The number of morpholine rings is 1. The van der Waals surface area contributed by atoms with E-state index < -0.39 is 29.8 Å². The fourth-order valence-electron chi connectivity index (χ4n) is 3.96. The maximum atomic E-state index is 13.7. The van der Waals surface area contributed by atoms with Crippen molar-refractivity contribution >= 4 is 11.7 Å². The Morgan fingerprint density at radius 3 is 2.57 bits per heavy atom. The molecule has 4 rings (SSSR count). The number of anilines is 1. The number of carbonyl (C=O) groups is 1. The molecule has 1 saturated heterocycles. The highest BCUT2D eigenvalue weighted by atomic mass is 19.4. The van der Waals surface area contributed by atoms with Crippen LogP contribution in [0, 0.1) is 5.82 Å². The first-order valence-electron chi connectivity index (χ1n) is 10.8. The Morgan fingerprint density at radius 2 is 1.94 bits per heavy atom. The van der Waals surface area contributed by atoms with E-state index in [-0.39, 0.29) is 36.6 Å². The maximum Gasteiger partial charge on any atom is 0.434 e. The molecule has 0 saturated carbocycles. The van der Waals surface area contributed by atoms with E-state index in [2.05, 4.69) is 25.4 Å². The standard InChI is InChI=1S/C22H23F4N7O2/c1-12-10-33(21(34)20-15(11-32(3)31-20)16-5-4-14(23)6-27-16)17(13(2)35-12)7-29-19-9-28-18(8-30-19)22(24,25)26/h4-6,8-9,11-13,17H,7,10H2,1-3H3,(H,29,30)/t12-,13+,17-/m1/s1. The lowest BCUT2D eigenvalue weighted by molar-refractivity contribution is -0.141. The van der Waals surface area contributed by atoms with Crippen LogP contribution in [0.1, 0.15) is 30.0 Å². The van der Waals surface area contributed by atoms with Crippen LogP contribution in [0.2, 0.25) is 0 Å². The topological polar surface area (TPSA) is 98.1 Å². The Kier molecular flexibility index (Phi) is 6.70. The van der Waals surface area contributed by atoms with Crippen molar-refractivity contribution in [2.75, 3.05) is 18.4 Å². The fourth-order valence-corrected chi connectivity index (χ4v) is 3.96. The molecule has 0 aliphatic carbocycles. The summed E-state index contributed by atoms with van der Waals surface area (Å²) in [6, 6.07) is 2.23. The van der Waals surface area contributed by atoms with Gasteiger partial charge in [0.1, 0.15) is 11.6 Å². The Hall–Kier alpha value is -3.61. The summed E-state index contributed by atoms with van der Waals surface area (Å²) in [6.45, 7) is 4.06. The largest absolute Gasteiger partial charge is 0.434 e. The summed E-state index contributed by atoms with van der Waals surface area (Å²) < 4.78 is 59.0. The maximum absolute atomic E-state index is 13.7. The van der Waals surface area contributed by atoms with E-state index in [1.165, 1.54) is 16.8 Å². The molecule has 186 valence electrons. The number of rotatable bonds is 5. The minimum Gasteiger partial charge on any atom is -0.372 e. The van der Waals surface area contributed by atoms with Crippen molar-refractivity contribution in [1.82, 2.24) is 29.6 Å². The van der Waals surface area contributed by atoms with Gasteiger partial charge in [0, 0.05) is 26.3 Å². The molecule has 0 spiro atoms. The molecule has 1 N–H and O–H groups in total. The lowest BCUT2D eigenvalue weighted by atomic mass is 10.0. The second kappa shape index (κ2) is 9.56. The van der Waals surface area contributed by atoms with Gasteiger partial charge in [0.05, 0.1) is 48.1 Å². The van der Waals surface area contributed by atoms with Gasteiger partial charge in [0.25, 0.3) is 5.91 Å². The van der Waals surface area contributed by atoms with Crippen molar-refractivity contribution in [2.24, 2.45) is 7.05 Å². The van der Waals surface area contributed by atoms with E-state index in [0.29, 0.717) is 17.5 Å². The first kappa shape index (κ1) is 24.5. The highest BCUT2D eigenvalue weighted by Gasteiger charge is 2.38. The summed E-state index contributed by atoms with van der Waals surface area (Å²) in [5.41, 5.74) is -0.108. The van der Waals surface area contributed by atoms with Crippen molar-refractivity contribution in [3.8, 4) is 11.3 Å². The number of aromatic nitrogens is 5. The van der Waals surface area contributed by atoms with E-state index in [0.717, 1.165) is 12.4 Å². The van der Waals surface area contributed by atoms with E-state index in [9.17, 15) is 22.4 Å². The van der Waals surface area contributed by atoms with Crippen LogP contribution in [0.3, 0.4) is 0 Å². The van der Waals surface area contributed by atoms with Crippen molar-refractivity contribution in [2.45, 2.75) is 38.3 Å². The van der Waals surface area contributed by atoms with E-state index in [1.54, 1.807) is 18.1 Å². The summed E-state index contributed by atoms with van der Waals surface area (Å²) in [5.74, 6) is -0.747. The monoisotopic (exact) mass is 493 g/mol. The van der Waals surface area contributed by atoms with Crippen LogP contribution in [-0.4, -0.2) is 66.9 Å². The Morgan fingerprint density at radius 1 is 1.17 bits per heavy atom. The third-order valence-electron chi connectivity index (χ3n) is 5.57. The molecule has 3 aromatic rings. The lowest BCUT2D eigenvalue weighted by Crippen LogP contribution is -2.58. The van der Waals surface area contributed by atoms with Gasteiger partial charge in [-0.2, -0.15) is 18.3 Å². The predicted octanol–water partition coefficient (Wildman–Crippen LogP) is 3.16. The van der Waals surface area contributed by atoms with Crippen LogP contribution in [-0.2, 0) is 18.0 Å². The Labute approximate surface area is 198 Å². The van der Waals surface area contributed by atoms with E-state index >= 15 is 0 Å². The molecule has 1 aliphatic heterocycles. The molecule has 1 aliphatic rings. The molecule has 3 aromatic heterocycles. The smallest absolute Gasteiger partial charge is 0.372 e. The number of pyridine rings is 1. The summed E-state index contributed by atoms with van der Waals surface area (Å²) in [4.78, 5) is 26.5. The summed E-state index contributed by atoms with van der Waals surface area (Å²) >= 11 is 0. The molecule has 35 heavy (non-hydrogen) atoms. The second-order valence-electron chi connectivity index (χ2n) is 8.27. The fraction of sp³-hybridized carbons (Fsp3) is 0.409. The van der Waals surface area contributed by atoms with Crippen molar-refractivity contribution < 1.29 is 27.1 Å². The predicted molar refractivity (Wildman–Crippen MR) is 117 cm³/mol. The number of nitrogens with one attached hydrogen (secondary N) is 1. The number of alkyl halides is 3. The van der Waals surface area contributed by atoms with Crippen LogP contribution in [0.5, 0.6) is 0 Å². The highest BCUT2D eigenvalue weighted by Crippen LogP contribution is 2.28. The Balaban J connectivity index is 1.57.